The first-order valence-corrected chi connectivity index (χ1v) is 5.62. The fourth-order valence-corrected chi connectivity index (χ4v) is 2.39. The van der Waals surface area contributed by atoms with E-state index in [-0.39, 0.29) is 5.92 Å². The summed E-state index contributed by atoms with van der Waals surface area (Å²) in [6.07, 6.45) is 0.676. The maximum Gasteiger partial charge on any atom is 0.311 e. The van der Waals surface area contributed by atoms with Gasteiger partial charge in [0, 0.05) is 23.8 Å². The lowest BCUT2D eigenvalue weighted by Crippen LogP contribution is -2.30. The first-order valence-electron chi connectivity index (χ1n) is 4.83. The van der Waals surface area contributed by atoms with E-state index in [1.165, 1.54) is 0 Å². The molecule has 1 heterocycles. The highest BCUT2D eigenvalue weighted by Gasteiger charge is 2.28. The van der Waals surface area contributed by atoms with Crippen LogP contribution in [0.15, 0.2) is 22.7 Å². The minimum Gasteiger partial charge on any atom is -0.481 e. The fourth-order valence-electron chi connectivity index (χ4n) is 2.01. The van der Waals surface area contributed by atoms with Gasteiger partial charge in [-0.1, -0.05) is 15.9 Å². The van der Waals surface area contributed by atoms with E-state index in [1.54, 1.807) is 0 Å². The summed E-state index contributed by atoms with van der Waals surface area (Å²) in [7, 11) is 1.99. The summed E-state index contributed by atoms with van der Waals surface area (Å²) in [5, 5.41) is 9.13. The van der Waals surface area contributed by atoms with Crippen molar-refractivity contribution in [1.29, 1.82) is 0 Å². The van der Waals surface area contributed by atoms with Gasteiger partial charge in [-0.2, -0.15) is 0 Å². The van der Waals surface area contributed by atoms with Crippen LogP contribution in [0.4, 0.5) is 5.69 Å². The summed E-state index contributed by atoms with van der Waals surface area (Å²) in [4.78, 5) is 13.2. The molecule has 0 saturated heterocycles. The van der Waals surface area contributed by atoms with Gasteiger partial charge in [-0.25, -0.2) is 0 Å². The second-order valence-electron chi connectivity index (χ2n) is 3.80. The van der Waals surface area contributed by atoms with Gasteiger partial charge in [-0.15, -0.1) is 0 Å². The minimum absolute atomic E-state index is 0.367. The van der Waals surface area contributed by atoms with E-state index >= 15 is 0 Å². The number of hydrogen-bond acceptors (Lipinski definition) is 2. The zero-order valence-corrected chi connectivity index (χ0v) is 9.99. The average molecular weight is 270 g/mol. The molecule has 1 atom stereocenters. The van der Waals surface area contributed by atoms with Gasteiger partial charge in [0.05, 0.1) is 5.92 Å². The molecule has 0 spiro atoms. The van der Waals surface area contributed by atoms with Gasteiger partial charge in [0.2, 0.25) is 0 Å². The third-order valence-corrected chi connectivity index (χ3v) is 3.32. The first kappa shape index (κ1) is 10.5. The van der Waals surface area contributed by atoms with Crippen LogP contribution in [0, 0.1) is 0 Å². The van der Waals surface area contributed by atoms with Crippen LogP contribution < -0.4 is 4.90 Å². The molecule has 0 radical (unpaired) electrons. The Labute approximate surface area is 96.8 Å². The van der Waals surface area contributed by atoms with Crippen molar-refractivity contribution in [1.82, 2.24) is 0 Å². The molecular formula is C11H12BrNO2. The lowest BCUT2D eigenvalue weighted by molar-refractivity contribution is -0.139. The van der Waals surface area contributed by atoms with Gasteiger partial charge < -0.3 is 10.0 Å². The Morgan fingerprint density at radius 1 is 1.60 bits per heavy atom. The monoisotopic (exact) mass is 269 g/mol. The number of halogens is 1. The van der Waals surface area contributed by atoms with Gasteiger partial charge >= 0.3 is 5.97 Å². The summed E-state index contributed by atoms with van der Waals surface area (Å²) in [5.74, 6) is -1.10. The van der Waals surface area contributed by atoms with Gasteiger partial charge in [0.1, 0.15) is 0 Å². The van der Waals surface area contributed by atoms with E-state index < -0.39 is 5.97 Å². The number of anilines is 1. The van der Waals surface area contributed by atoms with Crippen molar-refractivity contribution in [3.05, 3.63) is 28.2 Å². The molecule has 0 saturated carbocycles. The molecule has 0 bridgehead atoms. The van der Waals surface area contributed by atoms with Crippen molar-refractivity contribution in [3.8, 4) is 0 Å². The maximum atomic E-state index is 11.1. The Kier molecular flexibility index (Phi) is 2.69. The van der Waals surface area contributed by atoms with Crippen LogP contribution in [-0.4, -0.2) is 24.7 Å². The first-order chi connectivity index (χ1) is 7.09. The van der Waals surface area contributed by atoms with Crippen LogP contribution in [0.2, 0.25) is 0 Å². The molecule has 15 heavy (non-hydrogen) atoms. The molecule has 1 N–H and O–H groups in total. The SMILES string of the molecule is CN1CCC(C(=O)O)c2cc(Br)ccc21. The molecule has 0 fully saturated rings. The lowest BCUT2D eigenvalue weighted by Gasteiger charge is -2.31. The molecule has 1 aromatic rings. The molecule has 4 heteroatoms. The normalized spacial score (nSPS) is 19.9. The van der Waals surface area contributed by atoms with Crippen LogP contribution in [0.5, 0.6) is 0 Å². The number of hydrogen-bond donors (Lipinski definition) is 1. The van der Waals surface area contributed by atoms with Crippen molar-refractivity contribution in [3.63, 3.8) is 0 Å². The number of benzene rings is 1. The number of carboxylic acids is 1. The predicted molar refractivity (Wildman–Crippen MR) is 62.4 cm³/mol. The lowest BCUT2D eigenvalue weighted by atomic mass is 9.90. The molecule has 1 aliphatic heterocycles. The Hall–Kier alpha value is -1.03. The highest BCUT2D eigenvalue weighted by molar-refractivity contribution is 9.10. The number of aliphatic carboxylic acids is 1. The summed E-state index contributed by atoms with van der Waals surface area (Å²) in [6.45, 7) is 0.797. The molecular weight excluding hydrogens is 258 g/mol. The second kappa shape index (κ2) is 3.85. The van der Waals surface area contributed by atoms with E-state index in [1.807, 2.05) is 25.2 Å². The highest BCUT2D eigenvalue weighted by atomic mass is 79.9. The van der Waals surface area contributed by atoms with E-state index in [9.17, 15) is 4.79 Å². The number of fused-ring (bicyclic) bond motifs is 1. The molecule has 2 rings (SSSR count). The number of carboxylic acid groups (broad SMARTS) is 1. The standard InChI is InChI=1S/C11H12BrNO2/c1-13-5-4-8(11(14)15)9-6-7(12)2-3-10(9)13/h2-3,6,8H,4-5H2,1H3,(H,14,15). The molecule has 1 aromatic carbocycles. The van der Waals surface area contributed by atoms with Crippen molar-refractivity contribution >= 4 is 27.6 Å². The molecule has 1 aliphatic rings. The Morgan fingerprint density at radius 3 is 3.00 bits per heavy atom. The summed E-state index contributed by atoms with van der Waals surface area (Å²) < 4.78 is 0.933. The van der Waals surface area contributed by atoms with Crippen LogP contribution >= 0.6 is 15.9 Å². The quantitative estimate of drug-likeness (QED) is 0.852. The predicted octanol–water partition coefficient (Wildman–Crippen LogP) is 2.46. The minimum atomic E-state index is -0.734. The number of rotatable bonds is 1. The van der Waals surface area contributed by atoms with E-state index in [4.69, 9.17) is 5.11 Å². The molecule has 3 nitrogen and oxygen atoms in total. The third kappa shape index (κ3) is 1.86. The fraction of sp³-hybridized carbons (Fsp3) is 0.364. The molecule has 0 amide bonds. The smallest absolute Gasteiger partial charge is 0.311 e. The molecule has 0 aromatic heterocycles. The molecule has 1 unspecified atom stereocenters. The molecule has 80 valence electrons. The van der Waals surface area contributed by atoms with Crippen molar-refractivity contribution in [2.45, 2.75) is 12.3 Å². The van der Waals surface area contributed by atoms with Crippen molar-refractivity contribution < 1.29 is 9.90 Å². The Balaban J connectivity index is 2.51. The van der Waals surface area contributed by atoms with E-state index in [2.05, 4.69) is 20.8 Å². The summed E-state index contributed by atoms with van der Waals surface area (Å²) in [5.41, 5.74) is 1.93. The average Bonchev–Trinajstić information content (AvgIpc) is 2.17. The number of nitrogens with zero attached hydrogens (tertiary/aromatic N) is 1. The topological polar surface area (TPSA) is 40.5 Å². The van der Waals surface area contributed by atoms with Gasteiger partial charge in [0.15, 0.2) is 0 Å². The van der Waals surface area contributed by atoms with Gasteiger partial charge in [0.25, 0.3) is 0 Å². The Morgan fingerprint density at radius 2 is 2.33 bits per heavy atom. The molecule has 0 aliphatic carbocycles. The van der Waals surface area contributed by atoms with Crippen LogP contribution in [0.3, 0.4) is 0 Å². The zero-order chi connectivity index (χ0) is 11.0. The zero-order valence-electron chi connectivity index (χ0n) is 8.40. The van der Waals surface area contributed by atoms with E-state index in [0.29, 0.717) is 6.42 Å². The van der Waals surface area contributed by atoms with Crippen molar-refractivity contribution in [2.75, 3.05) is 18.5 Å². The second-order valence-corrected chi connectivity index (χ2v) is 4.72. The van der Waals surface area contributed by atoms with Gasteiger partial charge in [-0.3, -0.25) is 4.79 Å². The third-order valence-electron chi connectivity index (χ3n) is 2.83. The van der Waals surface area contributed by atoms with Crippen LogP contribution in [-0.2, 0) is 4.79 Å². The van der Waals surface area contributed by atoms with Crippen LogP contribution in [0.25, 0.3) is 0 Å². The maximum absolute atomic E-state index is 11.1. The largest absolute Gasteiger partial charge is 0.481 e. The summed E-state index contributed by atoms with van der Waals surface area (Å²) in [6, 6.07) is 5.82. The van der Waals surface area contributed by atoms with E-state index in [0.717, 1.165) is 22.3 Å². The van der Waals surface area contributed by atoms with Gasteiger partial charge in [-0.05, 0) is 30.2 Å². The highest BCUT2D eigenvalue weighted by Crippen LogP contribution is 2.36. The Bertz CT molecular complexity index is 406. The number of carbonyl (C=O) groups is 1. The summed E-state index contributed by atoms with van der Waals surface area (Å²) >= 11 is 3.38. The van der Waals surface area contributed by atoms with Crippen LogP contribution in [0.1, 0.15) is 17.9 Å². The van der Waals surface area contributed by atoms with Crippen molar-refractivity contribution in [2.24, 2.45) is 0 Å².